The highest BCUT2D eigenvalue weighted by Gasteiger charge is 2.71. The second-order valence-electron chi connectivity index (χ2n) is 16.5. The lowest BCUT2D eigenvalue weighted by Gasteiger charge is -2.72. The van der Waals surface area contributed by atoms with Gasteiger partial charge < -0.3 is 10.2 Å². The fourth-order valence-corrected chi connectivity index (χ4v) is 12.6. The molecule has 5 aliphatic carbocycles. The van der Waals surface area contributed by atoms with Crippen LogP contribution in [-0.2, 0) is 9.59 Å². The van der Waals surface area contributed by atoms with Crippen LogP contribution in [0.25, 0.3) is 11.6 Å². The summed E-state index contributed by atoms with van der Waals surface area (Å²) in [5, 5.41) is 19.6. The molecule has 0 amide bonds. The van der Waals surface area contributed by atoms with Crippen LogP contribution in [0.15, 0.2) is 48.6 Å². The van der Waals surface area contributed by atoms with Gasteiger partial charge in [-0.25, -0.2) is 4.79 Å². The Balaban J connectivity index is 1.34. The fraction of sp³-hybridized carbons (Fsp3) is 0.641. The molecule has 4 nitrogen and oxygen atoms in total. The number of carboxylic acid groups (broad SMARTS) is 2. The van der Waals surface area contributed by atoms with Crippen molar-refractivity contribution in [1.29, 1.82) is 0 Å². The average molecular weight is 585 g/mol. The van der Waals surface area contributed by atoms with Crippen LogP contribution in [-0.4, -0.2) is 22.2 Å². The van der Waals surface area contributed by atoms with Crippen LogP contribution in [0.2, 0.25) is 0 Å². The summed E-state index contributed by atoms with van der Waals surface area (Å²) in [5.74, 6) is 0.692. The summed E-state index contributed by atoms with van der Waals surface area (Å²) in [6.07, 6.45) is 14.9. The van der Waals surface area contributed by atoms with E-state index in [9.17, 15) is 14.7 Å². The van der Waals surface area contributed by atoms with E-state index in [1.165, 1.54) is 42.0 Å². The predicted molar refractivity (Wildman–Crippen MR) is 173 cm³/mol. The Morgan fingerprint density at radius 1 is 0.860 bits per heavy atom. The molecule has 4 saturated carbocycles. The van der Waals surface area contributed by atoms with Gasteiger partial charge in [-0.05, 0) is 139 Å². The first-order valence-corrected chi connectivity index (χ1v) is 16.7. The van der Waals surface area contributed by atoms with Crippen molar-refractivity contribution in [2.45, 2.75) is 99.3 Å². The maximum Gasteiger partial charge on any atom is 0.328 e. The lowest BCUT2D eigenvalue weighted by atomic mass is 9.32. The molecule has 9 atom stereocenters. The molecule has 0 bridgehead atoms. The predicted octanol–water partition coefficient (Wildman–Crippen LogP) is 9.52. The quantitative estimate of drug-likeness (QED) is 0.267. The van der Waals surface area contributed by atoms with Gasteiger partial charge >= 0.3 is 11.9 Å². The van der Waals surface area contributed by atoms with E-state index in [1.54, 1.807) is 6.08 Å². The smallest absolute Gasteiger partial charge is 0.328 e. The summed E-state index contributed by atoms with van der Waals surface area (Å²) >= 11 is 0. The maximum absolute atomic E-state index is 12.9. The van der Waals surface area contributed by atoms with Gasteiger partial charge in [0.25, 0.3) is 0 Å². The van der Waals surface area contributed by atoms with Crippen LogP contribution < -0.4 is 0 Å². The molecular formula is C39H52O4. The number of benzene rings is 1. The van der Waals surface area contributed by atoms with Crippen molar-refractivity contribution in [2.24, 2.45) is 56.7 Å². The average Bonchev–Trinajstić information content (AvgIpc) is 3.34. The van der Waals surface area contributed by atoms with Gasteiger partial charge in [0.05, 0.1) is 5.41 Å². The van der Waals surface area contributed by atoms with Crippen molar-refractivity contribution in [1.82, 2.24) is 0 Å². The monoisotopic (exact) mass is 584 g/mol. The molecule has 5 aliphatic rings. The Morgan fingerprint density at radius 2 is 1.56 bits per heavy atom. The normalized spacial score (nSPS) is 43.1. The molecule has 1 aromatic carbocycles. The van der Waals surface area contributed by atoms with Crippen molar-refractivity contribution >= 4 is 23.6 Å². The van der Waals surface area contributed by atoms with Crippen LogP contribution in [0.5, 0.6) is 0 Å². The molecule has 43 heavy (non-hydrogen) atoms. The molecule has 0 unspecified atom stereocenters. The molecule has 0 radical (unpaired) electrons. The van der Waals surface area contributed by atoms with Gasteiger partial charge in [-0.15, -0.1) is 0 Å². The van der Waals surface area contributed by atoms with E-state index < -0.39 is 17.4 Å². The lowest BCUT2D eigenvalue weighted by Crippen LogP contribution is -2.65. The molecule has 6 rings (SSSR count). The third-order valence-electron chi connectivity index (χ3n) is 14.7. The van der Waals surface area contributed by atoms with E-state index in [0.717, 1.165) is 44.1 Å². The van der Waals surface area contributed by atoms with E-state index in [0.29, 0.717) is 23.7 Å². The van der Waals surface area contributed by atoms with E-state index in [4.69, 9.17) is 5.11 Å². The molecule has 0 spiro atoms. The van der Waals surface area contributed by atoms with Crippen LogP contribution in [0.3, 0.4) is 0 Å². The van der Waals surface area contributed by atoms with Gasteiger partial charge in [0.1, 0.15) is 0 Å². The van der Waals surface area contributed by atoms with Crippen molar-refractivity contribution < 1.29 is 19.8 Å². The fourth-order valence-electron chi connectivity index (χ4n) is 12.6. The molecule has 1 aromatic rings. The highest BCUT2D eigenvalue weighted by Crippen LogP contribution is 2.77. The second-order valence-corrected chi connectivity index (χ2v) is 16.5. The Hall–Kier alpha value is -2.62. The van der Waals surface area contributed by atoms with E-state index in [1.807, 2.05) is 12.1 Å². The summed E-state index contributed by atoms with van der Waals surface area (Å²) < 4.78 is 0. The number of hydrogen-bond donors (Lipinski definition) is 2. The van der Waals surface area contributed by atoms with Gasteiger partial charge in [0.15, 0.2) is 0 Å². The number of fused-ring (bicyclic) bond motifs is 7. The molecule has 0 saturated heterocycles. The van der Waals surface area contributed by atoms with Crippen molar-refractivity contribution in [3.05, 3.63) is 59.7 Å². The van der Waals surface area contributed by atoms with Crippen LogP contribution >= 0.6 is 0 Å². The van der Waals surface area contributed by atoms with Crippen molar-refractivity contribution in [3.8, 4) is 0 Å². The molecule has 0 aromatic heterocycles. The number of allylic oxidation sites excluding steroid dienone is 3. The van der Waals surface area contributed by atoms with Gasteiger partial charge in [0, 0.05) is 6.08 Å². The van der Waals surface area contributed by atoms with E-state index >= 15 is 0 Å². The van der Waals surface area contributed by atoms with E-state index in [-0.39, 0.29) is 27.6 Å². The Bertz CT molecular complexity index is 1400. The number of carboxylic acids is 2. The van der Waals surface area contributed by atoms with Gasteiger partial charge in [0.2, 0.25) is 0 Å². The van der Waals surface area contributed by atoms with Crippen LogP contribution in [0.1, 0.15) is 110 Å². The molecule has 4 heteroatoms. The van der Waals surface area contributed by atoms with Crippen LogP contribution in [0.4, 0.5) is 0 Å². The standard InChI is InChI=1S/C39H52O4/c1-24(2)27-16-21-39(34(42)43)23-22-37(6)29(33(27)39)13-14-31-36(5)19-17-28(35(3,4)30(36)18-20-38(31,37)7)26-11-8-25(9-12-26)10-15-32(40)41/h8-12,15,17,27,29-31,33H,1,13-14,16,18-23H2,2-7H3,(H,40,41)(H,42,43)/t27-,29+,30-,31+,33+,36-,37+,38+,39-/m0/s1. The third kappa shape index (κ3) is 4.13. The summed E-state index contributed by atoms with van der Waals surface area (Å²) in [6.45, 7) is 19.2. The number of hydrogen-bond acceptors (Lipinski definition) is 2. The maximum atomic E-state index is 12.9. The molecule has 0 aliphatic heterocycles. The van der Waals surface area contributed by atoms with Crippen LogP contribution in [0, 0.1) is 56.7 Å². The highest BCUT2D eigenvalue weighted by molar-refractivity contribution is 5.85. The van der Waals surface area contributed by atoms with Crippen molar-refractivity contribution in [2.75, 3.05) is 0 Å². The Morgan fingerprint density at radius 3 is 2.19 bits per heavy atom. The van der Waals surface area contributed by atoms with E-state index in [2.05, 4.69) is 66.3 Å². The summed E-state index contributed by atoms with van der Waals surface area (Å²) in [4.78, 5) is 23.9. The first-order chi connectivity index (χ1) is 20.1. The second kappa shape index (κ2) is 9.94. The minimum atomic E-state index is -0.931. The summed E-state index contributed by atoms with van der Waals surface area (Å²) in [7, 11) is 0. The largest absolute Gasteiger partial charge is 0.481 e. The zero-order valence-corrected chi connectivity index (χ0v) is 27.2. The zero-order chi connectivity index (χ0) is 31.2. The molecular weight excluding hydrogens is 532 g/mol. The molecule has 2 N–H and O–H groups in total. The van der Waals surface area contributed by atoms with Gasteiger partial charge in [-0.2, -0.15) is 0 Å². The SMILES string of the molecule is C=C(C)[C@@H]1CC[C@]2(C(=O)O)CC[C@]3(C)[C@H](CC[C@@H]4[C@@]5(C)CC=C(c6ccc(C=CC(=O)O)cc6)C(C)(C)[C@@H]5CC[C@]43C)[C@@H]12. The third-order valence-corrected chi connectivity index (χ3v) is 14.7. The molecule has 232 valence electrons. The zero-order valence-electron chi connectivity index (χ0n) is 27.2. The minimum absolute atomic E-state index is 0.0199. The first kappa shape index (κ1) is 30.4. The highest BCUT2D eigenvalue weighted by atomic mass is 16.4. The Kier molecular flexibility index (Phi) is 7.03. The topological polar surface area (TPSA) is 74.6 Å². The number of aliphatic carboxylic acids is 2. The number of carbonyl (C=O) groups is 2. The molecule has 4 fully saturated rings. The number of rotatable bonds is 5. The van der Waals surface area contributed by atoms with Crippen molar-refractivity contribution in [3.63, 3.8) is 0 Å². The Labute approximate surface area is 258 Å². The summed E-state index contributed by atoms with van der Waals surface area (Å²) in [5.41, 5.74) is 4.74. The summed E-state index contributed by atoms with van der Waals surface area (Å²) in [6, 6.07) is 8.38. The van der Waals surface area contributed by atoms with Gasteiger partial charge in [-0.3, -0.25) is 4.79 Å². The van der Waals surface area contributed by atoms with Gasteiger partial charge in [-0.1, -0.05) is 77.1 Å². The lowest BCUT2D eigenvalue weighted by molar-refractivity contribution is -0.227. The minimum Gasteiger partial charge on any atom is -0.481 e. The first-order valence-electron chi connectivity index (χ1n) is 16.7. The molecule has 0 heterocycles.